The highest BCUT2D eigenvalue weighted by Gasteiger charge is 2.10. The number of aliphatic imine (C=N–C) groups is 1. The van der Waals surface area contributed by atoms with Crippen molar-refractivity contribution in [1.29, 1.82) is 0 Å². The van der Waals surface area contributed by atoms with Gasteiger partial charge in [0, 0.05) is 75.8 Å². The van der Waals surface area contributed by atoms with E-state index in [1.807, 2.05) is 36.0 Å². The molecule has 0 radical (unpaired) electrons. The maximum absolute atomic E-state index is 5.77. The van der Waals surface area contributed by atoms with Crippen molar-refractivity contribution in [2.45, 2.75) is 13.0 Å². The Balaban J connectivity index is 1.48. The lowest BCUT2D eigenvalue weighted by atomic mass is 10.2. The first-order chi connectivity index (χ1) is 14.8. The first-order valence-electron chi connectivity index (χ1n) is 10.4. The fraction of sp³-hybridized carbons (Fsp3) is 0.435. The van der Waals surface area contributed by atoms with Crippen LogP contribution in [0.15, 0.2) is 53.5 Å². The minimum absolute atomic E-state index is 0.635. The minimum Gasteiger partial charge on any atom is -0.493 e. The summed E-state index contributed by atoms with van der Waals surface area (Å²) in [4.78, 5) is 6.79. The predicted octanol–water partition coefficient (Wildman–Crippen LogP) is 3.84. The fourth-order valence-corrected chi connectivity index (χ4v) is 4.11. The van der Waals surface area contributed by atoms with Gasteiger partial charge in [0.25, 0.3) is 0 Å². The smallest absolute Gasteiger partial charge is 0.195 e. The molecule has 2 aromatic carbocycles. The van der Waals surface area contributed by atoms with Crippen LogP contribution in [0.2, 0.25) is 0 Å². The highest BCUT2D eigenvalue weighted by atomic mass is 32.2. The normalized spacial score (nSPS) is 14.5. The van der Waals surface area contributed by atoms with Crippen LogP contribution < -0.4 is 20.3 Å². The SMILES string of the molecule is CN=C(NCc1ccc(N2CCSCC2)cc1)Nc1cccc(OCCCOC)c1. The third kappa shape index (κ3) is 7.15. The van der Waals surface area contributed by atoms with Crippen molar-refractivity contribution in [3.05, 3.63) is 54.1 Å². The monoisotopic (exact) mass is 428 g/mol. The van der Waals surface area contributed by atoms with Crippen LogP contribution in [0, 0.1) is 0 Å². The van der Waals surface area contributed by atoms with Gasteiger partial charge in [0.2, 0.25) is 0 Å². The molecule has 30 heavy (non-hydrogen) atoms. The van der Waals surface area contributed by atoms with Gasteiger partial charge in [0.1, 0.15) is 5.75 Å². The van der Waals surface area contributed by atoms with Crippen molar-refractivity contribution < 1.29 is 9.47 Å². The lowest BCUT2D eigenvalue weighted by Crippen LogP contribution is -2.32. The van der Waals surface area contributed by atoms with Crippen LogP contribution in [-0.2, 0) is 11.3 Å². The van der Waals surface area contributed by atoms with E-state index in [0.717, 1.165) is 36.9 Å². The van der Waals surface area contributed by atoms with Gasteiger partial charge in [0.15, 0.2) is 5.96 Å². The summed E-state index contributed by atoms with van der Waals surface area (Å²) in [5.41, 5.74) is 3.47. The molecular weight excluding hydrogens is 396 g/mol. The standard InChI is InChI=1S/C23H32N4O2S/c1-24-23(26-20-5-3-6-22(17-20)29-14-4-13-28-2)25-18-19-7-9-21(10-8-19)27-11-15-30-16-12-27/h3,5-10,17H,4,11-16,18H2,1-2H3,(H2,24,25,26). The average molecular weight is 429 g/mol. The van der Waals surface area contributed by atoms with Crippen molar-refractivity contribution in [2.75, 3.05) is 62.2 Å². The Labute approximate surface area is 184 Å². The quantitative estimate of drug-likeness (QED) is 0.360. The van der Waals surface area contributed by atoms with Gasteiger partial charge >= 0.3 is 0 Å². The Morgan fingerprint density at radius 3 is 2.63 bits per heavy atom. The molecule has 1 fully saturated rings. The number of rotatable bonds is 9. The number of methoxy groups -OCH3 is 1. The molecule has 3 rings (SSSR count). The Hall–Kier alpha value is -2.38. The third-order valence-electron chi connectivity index (χ3n) is 4.85. The molecule has 7 heteroatoms. The molecule has 1 heterocycles. The van der Waals surface area contributed by atoms with Crippen molar-refractivity contribution in [2.24, 2.45) is 4.99 Å². The van der Waals surface area contributed by atoms with Crippen LogP contribution in [0.3, 0.4) is 0 Å². The molecule has 0 atom stereocenters. The van der Waals surface area contributed by atoms with Gasteiger partial charge < -0.3 is 25.0 Å². The largest absolute Gasteiger partial charge is 0.493 e. The minimum atomic E-state index is 0.635. The molecule has 1 aliphatic rings. The van der Waals surface area contributed by atoms with E-state index in [1.165, 1.54) is 22.8 Å². The van der Waals surface area contributed by atoms with Gasteiger partial charge in [-0.25, -0.2) is 0 Å². The third-order valence-corrected chi connectivity index (χ3v) is 5.80. The van der Waals surface area contributed by atoms with E-state index < -0.39 is 0 Å². The zero-order valence-corrected chi connectivity index (χ0v) is 18.7. The Morgan fingerprint density at radius 2 is 1.90 bits per heavy atom. The maximum atomic E-state index is 5.77. The number of hydrogen-bond acceptors (Lipinski definition) is 5. The average Bonchev–Trinajstić information content (AvgIpc) is 2.81. The number of ether oxygens (including phenoxy) is 2. The molecule has 1 aliphatic heterocycles. The summed E-state index contributed by atoms with van der Waals surface area (Å²) in [6.45, 7) is 4.31. The van der Waals surface area contributed by atoms with Crippen LogP contribution in [0.4, 0.5) is 11.4 Å². The molecule has 0 spiro atoms. The molecule has 1 saturated heterocycles. The maximum Gasteiger partial charge on any atom is 0.195 e. The van der Waals surface area contributed by atoms with Crippen LogP contribution in [0.25, 0.3) is 0 Å². The van der Waals surface area contributed by atoms with Gasteiger partial charge in [-0.2, -0.15) is 11.8 Å². The number of thioether (sulfide) groups is 1. The molecule has 6 nitrogen and oxygen atoms in total. The van der Waals surface area contributed by atoms with Crippen molar-refractivity contribution in [3.8, 4) is 5.75 Å². The zero-order chi connectivity index (χ0) is 21.0. The number of anilines is 2. The van der Waals surface area contributed by atoms with Crippen LogP contribution >= 0.6 is 11.8 Å². The number of benzene rings is 2. The Bertz CT molecular complexity index is 792. The van der Waals surface area contributed by atoms with Crippen LogP contribution in [-0.4, -0.2) is 57.9 Å². The van der Waals surface area contributed by atoms with Crippen molar-refractivity contribution in [3.63, 3.8) is 0 Å². The number of hydrogen-bond donors (Lipinski definition) is 2. The van der Waals surface area contributed by atoms with E-state index in [-0.39, 0.29) is 0 Å². The molecule has 2 N–H and O–H groups in total. The lowest BCUT2D eigenvalue weighted by molar-refractivity contribution is 0.172. The second kappa shape index (κ2) is 12.3. The summed E-state index contributed by atoms with van der Waals surface area (Å²) in [5.74, 6) is 3.98. The zero-order valence-electron chi connectivity index (χ0n) is 17.9. The van der Waals surface area contributed by atoms with Crippen molar-refractivity contribution >= 4 is 29.1 Å². The highest BCUT2D eigenvalue weighted by molar-refractivity contribution is 7.99. The number of guanidine groups is 1. The van der Waals surface area contributed by atoms with E-state index in [2.05, 4.69) is 44.8 Å². The molecule has 2 aromatic rings. The first-order valence-corrected chi connectivity index (χ1v) is 11.5. The second-order valence-electron chi connectivity index (χ2n) is 7.04. The Kier molecular flexibility index (Phi) is 9.18. The number of nitrogens with zero attached hydrogens (tertiary/aromatic N) is 2. The van der Waals surface area contributed by atoms with Crippen LogP contribution in [0.1, 0.15) is 12.0 Å². The van der Waals surface area contributed by atoms with E-state index in [4.69, 9.17) is 9.47 Å². The summed E-state index contributed by atoms with van der Waals surface area (Å²) in [7, 11) is 3.48. The molecule has 0 aliphatic carbocycles. The Morgan fingerprint density at radius 1 is 1.10 bits per heavy atom. The molecule has 162 valence electrons. The van der Waals surface area contributed by atoms with E-state index >= 15 is 0 Å². The molecule has 0 aromatic heterocycles. The summed E-state index contributed by atoms with van der Waals surface area (Å²) >= 11 is 2.03. The summed E-state index contributed by atoms with van der Waals surface area (Å²) in [5, 5.41) is 6.70. The van der Waals surface area contributed by atoms with E-state index in [1.54, 1.807) is 14.2 Å². The summed E-state index contributed by atoms with van der Waals surface area (Å²) < 4.78 is 10.8. The topological polar surface area (TPSA) is 58.1 Å². The van der Waals surface area contributed by atoms with Gasteiger partial charge in [-0.15, -0.1) is 0 Å². The molecule has 0 bridgehead atoms. The molecular formula is C23H32N4O2S. The van der Waals surface area contributed by atoms with Gasteiger partial charge in [0.05, 0.1) is 6.61 Å². The van der Waals surface area contributed by atoms with Crippen molar-refractivity contribution in [1.82, 2.24) is 5.32 Å². The van der Waals surface area contributed by atoms with Gasteiger partial charge in [-0.05, 0) is 29.8 Å². The highest BCUT2D eigenvalue weighted by Crippen LogP contribution is 2.20. The fourth-order valence-electron chi connectivity index (χ4n) is 3.20. The molecule has 0 amide bonds. The van der Waals surface area contributed by atoms with Gasteiger partial charge in [-0.1, -0.05) is 18.2 Å². The summed E-state index contributed by atoms with van der Waals surface area (Å²) in [6.07, 6.45) is 0.868. The van der Waals surface area contributed by atoms with E-state index in [0.29, 0.717) is 19.8 Å². The summed E-state index contributed by atoms with van der Waals surface area (Å²) in [6, 6.07) is 16.7. The second-order valence-corrected chi connectivity index (χ2v) is 8.26. The lowest BCUT2D eigenvalue weighted by Gasteiger charge is -2.28. The van der Waals surface area contributed by atoms with Gasteiger partial charge in [-0.3, -0.25) is 4.99 Å². The molecule has 0 saturated carbocycles. The number of nitrogens with one attached hydrogen (secondary N) is 2. The molecule has 0 unspecified atom stereocenters. The first kappa shape index (κ1) is 22.3. The van der Waals surface area contributed by atoms with E-state index in [9.17, 15) is 0 Å². The predicted molar refractivity (Wildman–Crippen MR) is 128 cm³/mol. The van der Waals surface area contributed by atoms with Crippen LogP contribution in [0.5, 0.6) is 5.75 Å².